The Kier molecular flexibility index (Phi) is 4.59. The number of carbonyl (C=O) groups is 1. The molecule has 0 spiro atoms. The number of hydrogen-bond acceptors (Lipinski definition) is 7. The normalized spacial score (nSPS) is 37.0. The number of hydrogen-bond donors (Lipinski definition) is 5. The maximum atomic E-state index is 10.6. The number of aliphatic hydroxyl groups excluding tert-OH is 4. The van der Waals surface area contributed by atoms with Gasteiger partial charge < -0.3 is 35.0 Å². The summed E-state index contributed by atoms with van der Waals surface area (Å²) in [6.07, 6.45) is -7.42. The van der Waals surface area contributed by atoms with Gasteiger partial charge in [0, 0.05) is 6.42 Å². The van der Waals surface area contributed by atoms with Crippen LogP contribution in [0.25, 0.3) is 0 Å². The molecule has 0 aliphatic carbocycles. The van der Waals surface area contributed by atoms with Crippen LogP contribution >= 0.6 is 0 Å². The van der Waals surface area contributed by atoms with Gasteiger partial charge in [-0.1, -0.05) is 0 Å². The molecule has 0 radical (unpaired) electrons. The molecular weight excluding hydrogens is 224 g/mol. The summed E-state index contributed by atoms with van der Waals surface area (Å²) in [5.74, 6) is -1.45. The van der Waals surface area contributed by atoms with E-state index in [4.69, 9.17) is 20.1 Å². The maximum absolute atomic E-state index is 10.6. The Bertz CT molecular complexity index is 242. The van der Waals surface area contributed by atoms with E-state index < -0.39 is 43.5 Å². The first-order valence-electron chi connectivity index (χ1n) is 4.64. The van der Waals surface area contributed by atoms with Crippen molar-refractivity contribution in [3.8, 4) is 0 Å². The second-order valence-electron chi connectivity index (χ2n) is 3.39. The molecule has 1 heterocycles. The molecule has 1 rings (SSSR count). The number of rotatable bonds is 4. The molecule has 2 unspecified atom stereocenters. The predicted octanol–water partition coefficient (Wildman–Crippen LogP) is -2.76. The average Bonchev–Trinajstić information content (AvgIpc) is 2.22. The molecule has 5 N–H and O–H groups in total. The zero-order valence-electron chi connectivity index (χ0n) is 8.26. The molecule has 1 aliphatic heterocycles. The molecule has 8 heteroatoms. The van der Waals surface area contributed by atoms with E-state index >= 15 is 0 Å². The fourth-order valence-electron chi connectivity index (χ4n) is 1.35. The van der Waals surface area contributed by atoms with Crippen molar-refractivity contribution < 1.29 is 39.8 Å². The van der Waals surface area contributed by atoms with Crippen molar-refractivity contribution in [2.45, 2.75) is 37.3 Å². The standard InChI is InChI=1S/C8H14O8/c9-2-4(11)15-5-1-3(10)6(12)7(16-5)8(13)14/h3-7,9-12H,1-2H2,(H,13,14)/t3?,4-,5+,6+,7?/m1/s1. The molecular formula is C8H14O8. The Morgan fingerprint density at radius 3 is 2.62 bits per heavy atom. The fourth-order valence-corrected chi connectivity index (χ4v) is 1.35. The van der Waals surface area contributed by atoms with Gasteiger partial charge in [-0.15, -0.1) is 0 Å². The Labute approximate surface area is 90.6 Å². The van der Waals surface area contributed by atoms with Crippen molar-refractivity contribution in [3.05, 3.63) is 0 Å². The van der Waals surface area contributed by atoms with E-state index in [1.54, 1.807) is 0 Å². The lowest BCUT2D eigenvalue weighted by Crippen LogP contribution is -2.53. The van der Waals surface area contributed by atoms with Crippen LogP contribution in [-0.2, 0) is 14.3 Å². The van der Waals surface area contributed by atoms with Gasteiger partial charge in [0.15, 0.2) is 18.7 Å². The summed E-state index contributed by atoms with van der Waals surface area (Å²) in [5, 5.41) is 44.7. The zero-order chi connectivity index (χ0) is 12.3. The monoisotopic (exact) mass is 238 g/mol. The maximum Gasteiger partial charge on any atom is 0.335 e. The molecule has 0 aromatic rings. The topological polar surface area (TPSA) is 137 Å². The number of carboxylic acid groups (broad SMARTS) is 1. The van der Waals surface area contributed by atoms with Crippen LogP contribution in [0.1, 0.15) is 6.42 Å². The number of ether oxygens (including phenoxy) is 2. The smallest absolute Gasteiger partial charge is 0.335 e. The average molecular weight is 238 g/mol. The molecule has 1 saturated heterocycles. The van der Waals surface area contributed by atoms with Gasteiger partial charge in [0.05, 0.1) is 12.7 Å². The quantitative estimate of drug-likeness (QED) is 0.332. The molecule has 0 amide bonds. The van der Waals surface area contributed by atoms with Gasteiger partial charge in [-0.2, -0.15) is 0 Å². The third-order valence-corrected chi connectivity index (χ3v) is 2.15. The first-order chi connectivity index (χ1) is 7.45. The van der Waals surface area contributed by atoms with Gasteiger partial charge >= 0.3 is 5.97 Å². The van der Waals surface area contributed by atoms with Gasteiger partial charge in [-0.3, -0.25) is 0 Å². The van der Waals surface area contributed by atoms with E-state index in [2.05, 4.69) is 4.74 Å². The molecule has 1 aliphatic rings. The van der Waals surface area contributed by atoms with E-state index in [9.17, 15) is 15.0 Å². The predicted molar refractivity (Wildman–Crippen MR) is 47.1 cm³/mol. The molecule has 94 valence electrons. The summed E-state index contributed by atoms with van der Waals surface area (Å²) < 4.78 is 9.49. The highest BCUT2D eigenvalue weighted by Gasteiger charge is 2.41. The first-order valence-corrected chi connectivity index (χ1v) is 4.64. The molecule has 0 bridgehead atoms. The van der Waals surface area contributed by atoms with Crippen LogP contribution in [0.4, 0.5) is 0 Å². The minimum absolute atomic E-state index is 0.192. The Hall–Kier alpha value is -0.770. The largest absolute Gasteiger partial charge is 0.479 e. The van der Waals surface area contributed by atoms with Gasteiger partial charge in [0.25, 0.3) is 0 Å². The summed E-state index contributed by atoms with van der Waals surface area (Å²) in [6.45, 7) is -0.684. The van der Waals surface area contributed by atoms with Crippen LogP contribution in [0.2, 0.25) is 0 Å². The molecule has 16 heavy (non-hydrogen) atoms. The minimum atomic E-state index is -1.63. The summed E-state index contributed by atoms with van der Waals surface area (Å²) in [7, 11) is 0. The molecule has 8 nitrogen and oxygen atoms in total. The third kappa shape index (κ3) is 3.11. The zero-order valence-corrected chi connectivity index (χ0v) is 8.26. The van der Waals surface area contributed by atoms with E-state index in [-0.39, 0.29) is 6.42 Å². The Balaban J connectivity index is 2.60. The second-order valence-corrected chi connectivity index (χ2v) is 3.39. The lowest BCUT2D eigenvalue weighted by Gasteiger charge is -2.35. The number of aliphatic hydroxyl groups is 4. The van der Waals surface area contributed by atoms with Crippen LogP contribution < -0.4 is 0 Å². The highest BCUT2D eigenvalue weighted by atomic mass is 16.7. The highest BCUT2D eigenvalue weighted by molar-refractivity contribution is 5.73. The molecule has 0 aromatic carbocycles. The van der Waals surface area contributed by atoms with Crippen molar-refractivity contribution in [2.24, 2.45) is 0 Å². The second kappa shape index (κ2) is 5.53. The third-order valence-electron chi connectivity index (χ3n) is 2.15. The SMILES string of the molecule is O=C(O)C1O[C@H](O[C@@H](O)CO)CC(O)[C@@H]1O. The Morgan fingerprint density at radius 2 is 2.12 bits per heavy atom. The highest BCUT2D eigenvalue weighted by Crippen LogP contribution is 2.22. The summed E-state index contributed by atoms with van der Waals surface area (Å²) in [4.78, 5) is 10.6. The van der Waals surface area contributed by atoms with Crippen LogP contribution in [0.3, 0.4) is 0 Å². The van der Waals surface area contributed by atoms with Crippen LogP contribution in [0.15, 0.2) is 0 Å². The molecule has 0 saturated carbocycles. The molecule has 1 fully saturated rings. The summed E-state index contributed by atoms with van der Waals surface area (Å²) in [6, 6.07) is 0. The van der Waals surface area contributed by atoms with Gasteiger partial charge in [0.1, 0.15) is 6.10 Å². The molecule has 0 aromatic heterocycles. The van der Waals surface area contributed by atoms with Crippen LogP contribution in [0, 0.1) is 0 Å². The van der Waals surface area contributed by atoms with Gasteiger partial charge in [0.2, 0.25) is 0 Å². The minimum Gasteiger partial charge on any atom is -0.479 e. The number of aliphatic carboxylic acids is 1. The van der Waals surface area contributed by atoms with Crippen molar-refractivity contribution in [1.29, 1.82) is 0 Å². The number of carboxylic acids is 1. The van der Waals surface area contributed by atoms with Crippen molar-refractivity contribution in [1.82, 2.24) is 0 Å². The van der Waals surface area contributed by atoms with E-state index in [1.807, 2.05) is 0 Å². The van der Waals surface area contributed by atoms with E-state index in [1.165, 1.54) is 0 Å². The first kappa shape index (κ1) is 13.3. The van der Waals surface area contributed by atoms with Crippen LogP contribution in [0.5, 0.6) is 0 Å². The van der Waals surface area contributed by atoms with Crippen molar-refractivity contribution >= 4 is 5.97 Å². The lowest BCUT2D eigenvalue weighted by atomic mass is 10.0. The van der Waals surface area contributed by atoms with Crippen LogP contribution in [-0.4, -0.2) is 69.0 Å². The van der Waals surface area contributed by atoms with Crippen molar-refractivity contribution in [3.63, 3.8) is 0 Å². The van der Waals surface area contributed by atoms with Gasteiger partial charge in [-0.25, -0.2) is 4.79 Å². The summed E-state index contributed by atoms with van der Waals surface area (Å²) >= 11 is 0. The lowest BCUT2D eigenvalue weighted by molar-refractivity contribution is -0.294. The fraction of sp³-hybridized carbons (Fsp3) is 0.875. The molecule has 5 atom stereocenters. The summed E-state index contributed by atoms with van der Waals surface area (Å²) in [5.41, 5.74) is 0. The van der Waals surface area contributed by atoms with Gasteiger partial charge in [-0.05, 0) is 0 Å². The van der Waals surface area contributed by atoms with E-state index in [0.29, 0.717) is 0 Å². The van der Waals surface area contributed by atoms with Crippen molar-refractivity contribution in [2.75, 3.05) is 6.61 Å². The van der Waals surface area contributed by atoms with E-state index in [0.717, 1.165) is 0 Å². The Morgan fingerprint density at radius 1 is 1.50 bits per heavy atom.